The number of aliphatic hydroxyl groups is 2. The first kappa shape index (κ1) is 18.8. The molecule has 1 unspecified atom stereocenters. The summed E-state index contributed by atoms with van der Waals surface area (Å²) in [4.78, 5) is 22.9. The quantitative estimate of drug-likeness (QED) is 0.319. The standard InChI is InChI=1S/C15H20O6/c1-4-6-8-10-13(17)20-15(19,12(3)16)21-14(18)11-9-7-5-2/h4-12,16,19H,1-3H3/b6-4+,7-5+,10-8+,11-9+. The summed E-state index contributed by atoms with van der Waals surface area (Å²) in [6.45, 7) is 4.62. The van der Waals surface area contributed by atoms with Gasteiger partial charge >= 0.3 is 17.9 Å². The third kappa shape index (κ3) is 7.86. The predicted octanol–water partition coefficient (Wildman–Crippen LogP) is 1.36. The molecule has 0 aromatic heterocycles. The molecule has 0 radical (unpaired) electrons. The number of carbonyl (C=O) groups excluding carboxylic acids is 2. The van der Waals surface area contributed by atoms with E-state index in [1.165, 1.54) is 12.2 Å². The van der Waals surface area contributed by atoms with Crippen molar-refractivity contribution in [2.24, 2.45) is 0 Å². The fraction of sp³-hybridized carbons (Fsp3) is 0.333. The van der Waals surface area contributed by atoms with Gasteiger partial charge in [-0.15, -0.1) is 0 Å². The van der Waals surface area contributed by atoms with Crippen LogP contribution in [0, 0.1) is 0 Å². The number of ether oxygens (including phenoxy) is 2. The van der Waals surface area contributed by atoms with Crippen molar-refractivity contribution < 1.29 is 29.3 Å². The van der Waals surface area contributed by atoms with Gasteiger partial charge in [0.15, 0.2) is 6.10 Å². The summed E-state index contributed by atoms with van der Waals surface area (Å²) in [5, 5.41) is 19.3. The first-order valence-corrected chi connectivity index (χ1v) is 6.30. The highest BCUT2D eigenvalue weighted by Gasteiger charge is 2.41. The van der Waals surface area contributed by atoms with Crippen LogP contribution in [0.5, 0.6) is 0 Å². The fourth-order valence-corrected chi connectivity index (χ4v) is 1.04. The molecule has 0 fully saturated rings. The van der Waals surface area contributed by atoms with Gasteiger partial charge in [-0.25, -0.2) is 9.59 Å². The maximum atomic E-state index is 11.4. The van der Waals surface area contributed by atoms with Crippen molar-refractivity contribution in [1.29, 1.82) is 0 Å². The van der Waals surface area contributed by atoms with Gasteiger partial charge in [0.05, 0.1) is 0 Å². The Hall–Kier alpha value is -2.18. The summed E-state index contributed by atoms with van der Waals surface area (Å²) >= 11 is 0. The monoisotopic (exact) mass is 296 g/mol. The van der Waals surface area contributed by atoms with E-state index < -0.39 is 24.0 Å². The van der Waals surface area contributed by atoms with Crippen molar-refractivity contribution in [3.63, 3.8) is 0 Å². The number of hydrogen-bond donors (Lipinski definition) is 2. The zero-order valence-corrected chi connectivity index (χ0v) is 12.2. The van der Waals surface area contributed by atoms with Gasteiger partial charge in [0.25, 0.3) is 0 Å². The molecule has 6 nitrogen and oxygen atoms in total. The van der Waals surface area contributed by atoms with E-state index in [4.69, 9.17) is 0 Å². The SMILES string of the molecule is C/C=C/C=C/C(=O)OC(O)(OC(=O)/C=C/C=C/C)C(C)O. The number of carbonyl (C=O) groups is 2. The van der Waals surface area contributed by atoms with E-state index in [1.54, 1.807) is 38.2 Å². The van der Waals surface area contributed by atoms with Crippen LogP contribution in [0.4, 0.5) is 0 Å². The van der Waals surface area contributed by atoms with E-state index in [0.717, 1.165) is 19.1 Å². The van der Waals surface area contributed by atoms with Gasteiger partial charge in [-0.2, -0.15) is 0 Å². The Balaban J connectivity index is 4.84. The van der Waals surface area contributed by atoms with E-state index >= 15 is 0 Å². The van der Waals surface area contributed by atoms with Gasteiger partial charge in [0.2, 0.25) is 0 Å². The largest absolute Gasteiger partial charge is 0.401 e. The first-order chi connectivity index (χ1) is 9.85. The second-order valence-corrected chi connectivity index (χ2v) is 3.92. The third-order valence-corrected chi connectivity index (χ3v) is 2.09. The summed E-state index contributed by atoms with van der Waals surface area (Å²) in [5.41, 5.74) is 0. The smallest absolute Gasteiger partial charge is 0.393 e. The molecular formula is C15H20O6. The molecule has 0 spiro atoms. The second-order valence-electron chi connectivity index (χ2n) is 3.92. The number of hydrogen-bond acceptors (Lipinski definition) is 6. The van der Waals surface area contributed by atoms with Gasteiger partial charge in [-0.1, -0.05) is 36.5 Å². The first-order valence-electron chi connectivity index (χ1n) is 6.30. The minimum atomic E-state index is -2.76. The van der Waals surface area contributed by atoms with E-state index in [9.17, 15) is 19.8 Å². The highest BCUT2D eigenvalue weighted by Crippen LogP contribution is 2.16. The van der Waals surface area contributed by atoms with Crippen LogP contribution in [0.3, 0.4) is 0 Å². The second kappa shape index (κ2) is 9.68. The molecule has 0 aromatic rings. The van der Waals surface area contributed by atoms with Crippen LogP contribution in [0.25, 0.3) is 0 Å². The van der Waals surface area contributed by atoms with Gasteiger partial charge in [0.1, 0.15) is 0 Å². The van der Waals surface area contributed by atoms with Crippen LogP contribution >= 0.6 is 0 Å². The van der Waals surface area contributed by atoms with Crippen LogP contribution in [-0.2, 0) is 19.1 Å². The number of aliphatic hydroxyl groups excluding tert-OH is 1. The highest BCUT2D eigenvalue weighted by molar-refractivity contribution is 5.84. The molecule has 2 N–H and O–H groups in total. The Morgan fingerprint density at radius 3 is 1.62 bits per heavy atom. The normalized spacial score (nSPS) is 14.3. The molecule has 21 heavy (non-hydrogen) atoms. The third-order valence-electron chi connectivity index (χ3n) is 2.09. The Morgan fingerprint density at radius 2 is 1.33 bits per heavy atom. The maximum absolute atomic E-state index is 11.4. The van der Waals surface area contributed by atoms with E-state index in [-0.39, 0.29) is 0 Å². The van der Waals surface area contributed by atoms with Crippen molar-refractivity contribution >= 4 is 11.9 Å². The molecule has 0 rings (SSSR count). The number of rotatable bonds is 7. The van der Waals surface area contributed by atoms with Gasteiger partial charge in [-0.05, 0) is 20.8 Å². The molecule has 0 aliphatic heterocycles. The molecule has 6 heteroatoms. The summed E-state index contributed by atoms with van der Waals surface area (Å²) in [5.74, 6) is -4.70. The molecule has 0 amide bonds. The number of allylic oxidation sites excluding steroid dienone is 6. The molecular weight excluding hydrogens is 276 g/mol. The molecule has 0 saturated carbocycles. The van der Waals surface area contributed by atoms with E-state index in [2.05, 4.69) is 9.47 Å². The van der Waals surface area contributed by atoms with Crippen LogP contribution in [0.2, 0.25) is 0 Å². The number of esters is 2. The zero-order chi connectivity index (χ0) is 16.3. The minimum Gasteiger partial charge on any atom is -0.393 e. The van der Waals surface area contributed by atoms with E-state index in [1.807, 2.05) is 0 Å². The predicted molar refractivity (Wildman–Crippen MR) is 76.7 cm³/mol. The molecule has 0 aliphatic carbocycles. The zero-order valence-electron chi connectivity index (χ0n) is 12.2. The lowest BCUT2D eigenvalue weighted by Crippen LogP contribution is -2.48. The van der Waals surface area contributed by atoms with Crippen molar-refractivity contribution in [2.45, 2.75) is 32.8 Å². The van der Waals surface area contributed by atoms with Crippen LogP contribution in [-0.4, -0.2) is 34.2 Å². The van der Waals surface area contributed by atoms with Crippen molar-refractivity contribution in [2.75, 3.05) is 0 Å². The molecule has 0 aromatic carbocycles. The summed E-state index contributed by atoms with van der Waals surface area (Å²) < 4.78 is 9.15. The average molecular weight is 296 g/mol. The van der Waals surface area contributed by atoms with Gasteiger partial charge in [0, 0.05) is 12.2 Å². The Kier molecular flexibility index (Phi) is 8.68. The van der Waals surface area contributed by atoms with Crippen molar-refractivity contribution in [1.82, 2.24) is 0 Å². The van der Waals surface area contributed by atoms with Crippen LogP contribution < -0.4 is 0 Å². The fourth-order valence-electron chi connectivity index (χ4n) is 1.04. The van der Waals surface area contributed by atoms with Crippen LogP contribution in [0.15, 0.2) is 48.6 Å². The van der Waals surface area contributed by atoms with Crippen LogP contribution in [0.1, 0.15) is 20.8 Å². The Labute approximate surface area is 123 Å². The summed E-state index contributed by atoms with van der Waals surface area (Å²) in [7, 11) is 0. The highest BCUT2D eigenvalue weighted by atomic mass is 16.8. The maximum Gasteiger partial charge on any atom is 0.401 e. The van der Waals surface area contributed by atoms with Crippen molar-refractivity contribution in [3.05, 3.63) is 48.6 Å². The molecule has 0 saturated heterocycles. The molecule has 1 atom stereocenters. The molecule has 0 heterocycles. The Morgan fingerprint density at radius 1 is 0.952 bits per heavy atom. The molecule has 116 valence electrons. The van der Waals surface area contributed by atoms with Gasteiger partial charge in [-0.3, -0.25) is 0 Å². The molecule has 0 aliphatic rings. The van der Waals surface area contributed by atoms with Gasteiger partial charge < -0.3 is 19.7 Å². The lowest BCUT2D eigenvalue weighted by molar-refractivity contribution is -0.354. The average Bonchev–Trinajstić information content (AvgIpc) is 2.38. The minimum absolute atomic E-state index is 0.971. The van der Waals surface area contributed by atoms with Crippen molar-refractivity contribution in [3.8, 4) is 0 Å². The molecule has 0 bridgehead atoms. The Bertz CT molecular complexity index is 421. The lowest BCUT2D eigenvalue weighted by Gasteiger charge is -2.28. The lowest BCUT2D eigenvalue weighted by atomic mass is 10.3. The topological polar surface area (TPSA) is 93.1 Å². The van der Waals surface area contributed by atoms with E-state index in [0.29, 0.717) is 0 Å². The summed E-state index contributed by atoms with van der Waals surface area (Å²) in [6.07, 6.45) is 9.62. The summed E-state index contributed by atoms with van der Waals surface area (Å²) in [6, 6.07) is 0.